The van der Waals surface area contributed by atoms with E-state index in [1.807, 2.05) is 19.1 Å². The van der Waals surface area contributed by atoms with Crippen LogP contribution in [0.15, 0.2) is 24.3 Å². The third-order valence-corrected chi connectivity index (χ3v) is 3.94. The third-order valence-electron chi connectivity index (χ3n) is 2.66. The molecule has 0 N–H and O–H groups in total. The number of carbonyl (C=O) groups excluding carboxylic acids is 1. The largest absolute Gasteiger partial charge is 0.493 e. The lowest BCUT2D eigenvalue weighted by atomic mass is 10.1. The molecule has 0 atom stereocenters. The number of ketones is 1. The molecular weight excluding hydrogens is 284 g/mol. The quantitative estimate of drug-likeness (QED) is 0.801. The van der Waals surface area contributed by atoms with E-state index in [1.165, 1.54) is 25.6 Å². The van der Waals surface area contributed by atoms with Crippen molar-refractivity contribution in [2.24, 2.45) is 0 Å². The van der Waals surface area contributed by atoms with E-state index in [9.17, 15) is 4.79 Å². The predicted molar refractivity (Wildman–Crippen MR) is 77.0 cm³/mol. The summed E-state index contributed by atoms with van der Waals surface area (Å²) in [6.45, 7) is 1.96. The van der Waals surface area contributed by atoms with E-state index in [0.717, 1.165) is 4.88 Å². The van der Waals surface area contributed by atoms with Gasteiger partial charge in [0.15, 0.2) is 11.5 Å². The summed E-state index contributed by atoms with van der Waals surface area (Å²) in [5.74, 6) is 0.815. The molecule has 0 unspecified atom stereocenters. The topological polar surface area (TPSA) is 35.5 Å². The summed E-state index contributed by atoms with van der Waals surface area (Å²) >= 11 is 7.55. The number of hydrogen-bond acceptors (Lipinski definition) is 4. The molecule has 0 radical (unpaired) electrons. The molecule has 1 aromatic heterocycles. The van der Waals surface area contributed by atoms with Crippen molar-refractivity contribution in [3.8, 4) is 11.5 Å². The van der Waals surface area contributed by atoms with Crippen molar-refractivity contribution >= 4 is 28.7 Å². The molecule has 0 saturated carbocycles. The Kier molecular flexibility index (Phi) is 4.12. The average molecular weight is 297 g/mol. The molecule has 0 fully saturated rings. The minimum Gasteiger partial charge on any atom is -0.493 e. The molecule has 19 heavy (non-hydrogen) atoms. The Morgan fingerprint density at radius 1 is 1.21 bits per heavy atom. The molecule has 0 saturated heterocycles. The van der Waals surface area contributed by atoms with Crippen LogP contribution in [0, 0.1) is 6.92 Å². The number of thiophene rings is 1. The highest BCUT2D eigenvalue weighted by Gasteiger charge is 2.17. The Morgan fingerprint density at radius 3 is 2.47 bits per heavy atom. The van der Waals surface area contributed by atoms with E-state index >= 15 is 0 Å². The van der Waals surface area contributed by atoms with Gasteiger partial charge in [0.05, 0.1) is 24.1 Å². The van der Waals surface area contributed by atoms with Gasteiger partial charge < -0.3 is 9.47 Å². The minimum absolute atomic E-state index is 0.0686. The van der Waals surface area contributed by atoms with Crippen LogP contribution in [-0.4, -0.2) is 20.0 Å². The van der Waals surface area contributed by atoms with Gasteiger partial charge in [-0.2, -0.15) is 0 Å². The number of rotatable bonds is 4. The number of halogens is 1. The first-order valence-electron chi connectivity index (χ1n) is 5.59. The summed E-state index contributed by atoms with van der Waals surface area (Å²) in [6, 6.07) is 6.97. The molecule has 0 spiro atoms. The van der Waals surface area contributed by atoms with Gasteiger partial charge >= 0.3 is 0 Å². The molecule has 1 aromatic carbocycles. The summed E-state index contributed by atoms with van der Waals surface area (Å²) in [5.41, 5.74) is 0.490. The molecule has 0 amide bonds. The maximum Gasteiger partial charge on any atom is 0.203 e. The van der Waals surface area contributed by atoms with Crippen molar-refractivity contribution < 1.29 is 14.3 Å². The van der Waals surface area contributed by atoms with Crippen LogP contribution in [-0.2, 0) is 0 Å². The number of methoxy groups -OCH3 is 2. The fraction of sp³-hybridized carbons (Fsp3) is 0.214. The smallest absolute Gasteiger partial charge is 0.203 e. The fourth-order valence-corrected chi connectivity index (χ4v) is 2.87. The lowest BCUT2D eigenvalue weighted by Crippen LogP contribution is -2.01. The van der Waals surface area contributed by atoms with Crippen LogP contribution >= 0.6 is 22.9 Å². The summed E-state index contributed by atoms with van der Waals surface area (Å²) in [7, 11) is 3.02. The molecule has 100 valence electrons. The maximum atomic E-state index is 12.3. The molecule has 1 heterocycles. The van der Waals surface area contributed by atoms with Crippen LogP contribution in [0.1, 0.15) is 20.1 Å². The van der Waals surface area contributed by atoms with Crippen LogP contribution in [0.4, 0.5) is 0 Å². The molecule has 2 rings (SSSR count). The second-order valence-corrected chi connectivity index (χ2v) is 5.63. The van der Waals surface area contributed by atoms with Crippen molar-refractivity contribution in [1.29, 1.82) is 0 Å². The van der Waals surface area contributed by atoms with Crippen LogP contribution in [0.5, 0.6) is 11.5 Å². The first-order chi connectivity index (χ1) is 9.06. The lowest BCUT2D eigenvalue weighted by molar-refractivity contribution is 0.104. The average Bonchev–Trinajstić information content (AvgIpc) is 2.83. The number of carbonyl (C=O) groups is 1. The highest BCUT2D eigenvalue weighted by molar-refractivity contribution is 7.14. The minimum atomic E-state index is -0.0686. The van der Waals surface area contributed by atoms with Gasteiger partial charge in [-0.1, -0.05) is 11.6 Å². The number of hydrogen-bond donors (Lipinski definition) is 0. The van der Waals surface area contributed by atoms with Crippen LogP contribution in [0.3, 0.4) is 0 Å². The molecule has 0 aliphatic carbocycles. The van der Waals surface area contributed by atoms with Crippen molar-refractivity contribution in [2.45, 2.75) is 6.92 Å². The molecule has 0 bridgehead atoms. The van der Waals surface area contributed by atoms with Gasteiger partial charge in [0.1, 0.15) is 0 Å². The summed E-state index contributed by atoms with van der Waals surface area (Å²) in [4.78, 5) is 14.1. The maximum absolute atomic E-state index is 12.3. The molecule has 5 heteroatoms. The molecule has 0 aliphatic heterocycles. The lowest BCUT2D eigenvalue weighted by Gasteiger charge is -2.10. The highest BCUT2D eigenvalue weighted by atomic mass is 35.5. The Labute approximate surface area is 120 Å². The Hall–Kier alpha value is -1.52. The second-order valence-electron chi connectivity index (χ2n) is 3.93. The number of benzene rings is 1. The van der Waals surface area contributed by atoms with E-state index in [1.54, 1.807) is 12.1 Å². The third kappa shape index (κ3) is 2.74. The Bertz CT molecular complexity index is 619. The molecule has 3 nitrogen and oxygen atoms in total. The van der Waals surface area contributed by atoms with Crippen LogP contribution < -0.4 is 9.47 Å². The van der Waals surface area contributed by atoms with E-state index < -0.39 is 0 Å². The van der Waals surface area contributed by atoms with Gasteiger partial charge in [0.25, 0.3) is 0 Å². The highest BCUT2D eigenvalue weighted by Crippen LogP contribution is 2.36. The van der Waals surface area contributed by atoms with Crippen molar-refractivity contribution in [3.05, 3.63) is 44.6 Å². The standard InChI is InChI=1S/C14H13ClO3S/c1-8-4-5-12(19-8)13(16)9-6-10(15)14(18-3)11(7-9)17-2/h4-7H,1-3H3. The van der Waals surface area contributed by atoms with Gasteiger partial charge in [0.2, 0.25) is 5.78 Å². The van der Waals surface area contributed by atoms with E-state index in [0.29, 0.717) is 27.0 Å². The van der Waals surface area contributed by atoms with Gasteiger partial charge in [-0.3, -0.25) is 4.79 Å². The van der Waals surface area contributed by atoms with E-state index in [-0.39, 0.29) is 5.78 Å². The second kappa shape index (κ2) is 5.63. The fourth-order valence-electron chi connectivity index (χ4n) is 1.75. The van der Waals surface area contributed by atoms with E-state index in [4.69, 9.17) is 21.1 Å². The van der Waals surface area contributed by atoms with Gasteiger partial charge in [-0.15, -0.1) is 11.3 Å². The first-order valence-corrected chi connectivity index (χ1v) is 6.79. The van der Waals surface area contributed by atoms with Gasteiger partial charge in [-0.05, 0) is 31.2 Å². The van der Waals surface area contributed by atoms with Crippen molar-refractivity contribution in [2.75, 3.05) is 14.2 Å². The van der Waals surface area contributed by atoms with Gasteiger partial charge in [-0.25, -0.2) is 0 Å². The first kappa shape index (κ1) is 13.9. The summed E-state index contributed by atoms with van der Waals surface area (Å²) in [6.07, 6.45) is 0. The molecular formula is C14H13ClO3S. The van der Waals surface area contributed by atoms with Crippen LogP contribution in [0.25, 0.3) is 0 Å². The van der Waals surface area contributed by atoms with E-state index in [2.05, 4.69) is 0 Å². The monoisotopic (exact) mass is 296 g/mol. The zero-order valence-corrected chi connectivity index (χ0v) is 12.4. The Balaban J connectivity index is 2.46. The SMILES string of the molecule is COc1cc(C(=O)c2ccc(C)s2)cc(Cl)c1OC. The van der Waals surface area contributed by atoms with Gasteiger partial charge in [0, 0.05) is 10.4 Å². The Morgan fingerprint density at radius 2 is 1.95 bits per heavy atom. The zero-order valence-electron chi connectivity index (χ0n) is 10.8. The predicted octanol–water partition coefficient (Wildman–Crippen LogP) is 3.96. The molecule has 2 aromatic rings. The van der Waals surface area contributed by atoms with Crippen molar-refractivity contribution in [3.63, 3.8) is 0 Å². The van der Waals surface area contributed by atoms with Crippen LogP contribution in [0.2, 0.25) is 5.02 Å². The normalized spacial score (nSPS) is 10.3. The summed E-state index contributed by atoms with van der Waals surface area (Å²) < 4.78 is 10.3. The number of aryl methyl sites for hydroxylation is 1. The molecule has 0 aliphatic rings. The zero-order chi connectivity index (χ0) is 14.0. The van der Waals surface area contributed by atoms with Crippen molar-refractivity contribution in [1.82, 2.24) is 0 Å². The summed E-state index contributed by atoms with van der Waals surface area (Å²) in [5, 5.41) is 0.360. The number of ether oxygens (including phenoxy) is 2.